The normalized spacial score (nSPS) is 10.4. The molecule has 2 aromatic carbocycles. The second-order valence-corrected chi connectivity index (χ2v) is 5.15. The van der Waals surface area contributed by atoms with E-state index in [-0.39, 0.29) is 26.2 Å². The second kappa shape index (κ2) is 6.00. The first kappa shape index (κ1) is 15.1. The fraction of sp³-hybridized carbons (Fsp3) is 0.0714. The Labute approximate surface area is 130 Å². The summed E-state index contributed by atoms with van der Waals surface area (Å²) in [5.41, 5.74) is 0.300. The summed E-state index contributed by atoms with van der Waals surface area (Å²) in [4.78, 5) is 12.3. The standard InChI is InChI=1S/C14H8Cl3FO2/c1-20-13-6-10(16)8(5-11(13)17)14(19)7-2-3-9(15)12(18)4-7/h2-6H,1H3. The Bertz CT molecular complexity index is 686. The molecule has 2 nitrogen and oxygen atoms in total. The van der Waals surface area contributed by atoms with Crippen molar-refractivity contribution in [1.29, 1.82) is 0 Å². The van der Waals surface area contributed by atoms with Crippen molar-refractivity contribution in [3.05, 3.63) is 62.3 Å². The molecule has 2 aromatic rings. The van der Waals surface area contributed by atoms with E-state index in [1.165, 1.54) is 31.4 Å². The van der Waals surface area contributed by atoms with Gasteiger partial charge in [-0.15, -0.1) is 0 Å². The summed E-state index contributed by atoms with van der Waals surface area (Å²) in [6.45, 7) is 0. The van der Waals surface area contributed by atoms with E-state index >= 15 is 0 Å². The summed E-state index contributed by atoms with van der Waals surface area (Å²) in [6.07, 6.45) is 0. The number of halogens is 4. The SMILES string of the molecule is COc1cc(Cl)c(C(=O)c2ccc(Cl)c(F)c2)cc1Cl. The zero-order valence-corrected chi connectivity index (χ0v) is 12.5. The van der Waals surface area contributed by atoms with E-state index in [2.05, 4.69) is 0 Å². The average Bonchev–Trinajstić information content (AvgIpc) is 2.43. The van der Waals surface area contributed by atoms with Gasteiger partial charge in [-0.05, 0) is 24.3 Å². The Kier molecular flexibility index (Phi) is 4.53. The number of carbonyl (C=O) groups is 1. The van der Waals surface area contributed by atoms with Crippen molar-refractivity contribution in [2.75, 3.05) is 7.11 Å². The molecular weight excluding hydrogens is 326 g/mol. The van der Waals surface area contributed by atoms with Crippen molar-refractivity contribution in [3.63, 3.8) is 0 Å². The van der Waals surface area contributed by atoms with E-state index in [4.69, 9.17) is 39.5 Å². The van der Waals surface area contributed by atoms with E-state index in [0.29, 0.717) is 5.75 Å². The molecule has 0 unspecified atom stereocenters. The zero-order chi connectivity index (χ0) is 14.9. The molecule has 0 aromatic heterocycles. The van der Waals surface area contributed by atoms with Gasteiger partial charge in [-0.2, -0.15) is 0 Å². The first-order valence-corrected chi connectivity index (χ1v) is 6.60. The van der Waals surface area contributed by atoms with Crippen LogP contribution in [-0.4, -0.2) is 12.9 Å². The molecule has 0 aliphatic rings. The molecule has 2 rings (SSSR count). The van der Waals surface area contributed by atoms with Gasteiger partial charge in [-0.3, -0.25) is 4.79 Å². The molecule has 20 heavy (non-hydrogen) atoms. The lowest BCUT2D eigenvalue weighted by molar-refractivity contribution is 0.103. The van der Waals surface area contributed by atoms with E-state index in [1.54, 1.807) is 0 Å². The fourth-order valence-electron chi connectivity index (χ4n) is 1.65. The lowest BCUT2D eigenvalue weighted by Gasteiger charge is -2.08. The largest absolute Gasteiger partial charge is 0.495 e. The minimum absolute atomic E-state index is 0.0552. The highest BCUT2D eigenvalue weighted by atomic mass is 35.5. The maximum absolute atomic E-state index is 13.4. The van der Waals surface area contributed by atoms with Crippen molar-refractivity contribution >= 4 is 40.6 Å². The summed E-state index contributed by atoms with van der Waals surface area (Å²) in [5, 5.41) is 0.363. The zero-order valence-electron chi connectivity index (χ0n) is 10.2. The van der Waals surface area contributed by atoms with Crippen LogP contribution in [-0.2, 0) is 0 Å². The lowest BCUT2D eigenvalue weighted by Crippen LogP contribution is -2.03. The van der Waals surface area contributed by atoms with Gasteiger partial charge in [0.05, 0.1) is 22.2 Å². The first-order chi connectivity index (χ1) is 9.43. The van der Waals surface area contributed by atoms with Crippen molar-refractivity contribution in [3.8, 4) is 5.75 Å². The molecule has 6 heteroatoms. The highest BCUT2D eigenvalue weighted by Gasteiger charge is 2.17. The van der Waals surface area contributed by atoms with E-state index in [9.17, 15) is 9.18 Å². The van der Waals surface area contributed by atoms with Gasteiger partial charge in [0.25, 0.3) is 0 Å². The molecular formula is C14H8Cl3FO2. The molecule has 0 spiro atoms. The monoisotopic (exact) mass is 332 g/mol. The van der Waals surface area contributed by atoms with Crippen molar-refractivity contribution in [2.45, 2.75) is 0 Å². The van der Waals surface area contributed by atoms with Gasteiger partial charge in [0.15, 0.2) is 5.78 Å². The van der Waals surface area contributed by atoms with Gasteiger partial charge < -0.3 is 4.74 Å². The molecule has 0 radical (unpaired) electrons. The smallest absolute Gasteiger partial charge is 0.194 e. The molecule has 0 saturated carbocycles. The number of hydrogen-bond donors (Lipinski definition) is 0. The summed E-state index contributed by atoms with van der Waals surface area (Å²) >= 11 is 17.6. The van der Waals surface area contributed by atoms with Crippen LogP contribution in [0, 0.1) is 5.82 Å². The summed E-state index contributed by atoms with van der Waals surface area (Å²) in [5.74, 6) is -0.765. The quantitative estimate of drug-likeness (QED) is 0.737. The number of ether oxygens (including phenoxy) is 1. The molecule has 0 aliphatic heterocycles. The molecule has 0 fully saturated rings. The van der Waals surface area contributed by atoms with Gasteiger partial charge in [-0.25, -0.2) is 4.39 Å². The minimum Gasteiger partial charge on any atom is -0.495 e. The van der Waals surface area contributed by atoms with Crippen LogP contribution >= 0.6 is 34.8 Å². The van der Waals surface area contributed by atoms with E-state index < -0.39 is 11.6 Å². The average molecular weight is 334 g/mol. The van der Waals surface area contributed by atoms with Gasteiger partial charge in [-0.1, -0.05) is 34.8 Å². The molecule has 0 aliphatic carbocycles. The van der Waals surface area contributed by atoms with Crippen LogP contribution in [0.25, 0.3) is 0 Å². The molecule has 0 atom stereocenters. The Morgan fingerprint density at radius 3 is 2.35 bits per heavy atom. The molecule has 0 bridgehead atoms. The number of benzene rings is 2. The van der Waals surface area contributed by atoms with Gasteiger partial charge in [0.1, 0.15) is 11.6 Å². The topological polar surface area (TPSA) is 26.3 Å². The molecule has 0 saturated heterocycles. The van der Waals surface area contributed by atoms with Gasteiger partial charge in [0, 0.05) is 17.2 Å². The third-order valence-corrected chi connectivity index (χ3v) is 3.58. The van der Waals surface area contributed by atoms with Crippen LogP contribution in [0.2, 0.25) is 15.1 Å². The highest BCUT2D eigenvalue weighted by Crippen LogP contribution is 2.32. The Morgan fingerprint density at radius 2 is 1.75 bits per heavy atom. The van der Waals surface area contributed by atoms with Crippen LogP contribution in [0.4, 0.5) is 4.39 Å². The Hall–Kier alpha value is -1.29. The van der Waals surface area contributed by atoms with Crippen molar-refractivity contribution in [1.82, 2.24) is 0 Å². The van der Waals surface area contributed by atoms with Crippen molar-refractivity contribution < 1.29 is 13.9 Å². The van der Waals surface area contributed by atoms with Crippen LogP contribution in [0.15, 0.2) is 30.3 Å². The van der Waals surface area contributed by atoms with E-state index in [0.717, 1.165) is 6.07 Å². The summed E-state index contributed by atoms with van der Waals surface area (Å²) in [6, 6.07) is 6.60. The molecule has 0 amide bonds. The van der Waals surface area contributed by atoms with Gasteiger partial charge >= 0.3 is 0 Å². The lowest BCUT2D eigenvalue weighted by atomic mass is 10.0. The van der Waals surface area contributed by atoms with Crippen LogP contribution < -0.4 is 4.74 Å². The number of hydrogen-bond acceptors (Lipinski definition) is 2. The maximum Gasteiger partial charge on any atom is 0.194 e. The predicted octanol–water partition coefficient (Wildman–Crippen LogP) is 5.03. The summed E-state index contributed by atoms with van der Waals surface area (Å²) in [7, 11) is 1.44. The molecule has 104 valence electrons. The predicted molar refractivity (Wildman–Crippen MR) is 77.9 cm³/mol. The molecule has 0 heterocycles. The Morgan fingerprint density at radius 1 is 1.05 bits per heavy atom. The van der Waals surface area contributed by atoms with Crippen LogP contribution in [0.3, 0.4) is 0 Å². The number of rotatable bonds is 3. The van der Waals surface area contributed by atoms with Crippen molar-refractivity contribution in [2.24, 2.45) is 0 Å². The van der Waals surface area contributed by atoms with Crippen LogP contribution in [0.5, 0.6) is 5.75 Å². The van der Waals surface area contributed by atoms with E-state index in [1.807, 2.05) is 0 Å². The molecule has 0 N–H and O–H groups in total. The third-order valence-electron chi connectivity index (χ3n) is 2.67. The minimum atomic E-state index is -0.673. The van der Waals surface area contributed by atoms with Crippen LogP contribution in [0.1, 0.15) is 15.9 Å². The van der Waals surface area contributed by atoms with Gasteiger partial charge in [0.2, 0.25) is 0 Å². The number of ketones is 1. The third kappa shape index (κ3) is 2.90. The highest BCUT2D eigenvalue weighted by molar-refractivity contribution is 6.37. The number of carbonyl (C=O) groups excluding carboxylic acids is 1. The maximum atomic E-state index is 13.4. The fourth-order valence-corrected chi connectivity index (χ4v) is 2.25. The first-order valence-electron chi connectivity index (χ1n) is 5.47. The Balaban J connectivity index is 2.48. The summed E-state index contributed by atoms with van der Waals surface area (Å²) < 4.78 is 18.4. The second-order valence-electron chi connectivity index (χ2n) is 3.92. The number of methoxy groups -OCH3 is 1.